The van der Waals surface area contributed by atoms with E-state index in [-0.39, 0.29) is 5.54 Å². The first-order chi connectivity index (χ1) is 8.85. The first kappa shape index (κ1) is 12.4. The van der Waals surface area contributed by atoms with Crippen LogP contribution >= 0.6 is 0 Å². The van der Waals surface area contributed by atoms with Crippen molar-refractivity contribution < 1.29 is 4.74 Å². The van der Waals surface area contributed by atoms with E-state index in [9.17, 15) is 0 Å². The van der Waals surface area contributed by atoms with Gasteiger partial charge in [-0.3, -0.25) is 9.89 Å². The van der Waals surface area contributed by atoms with Gasteiger partial charge in [0.05, 0.1) is 18.7 Å². The van der Waals surface area contributed by atoms with Crippen LogP contribution in [0.4, 0.5) is 0 Å². The number of aliphatic imine (C=N–C) groups is 1. The Morgan fingerprint density at radius 1 is 1.44 bits per heavy atom. The number of hydrogen-bond acceptors (Lipinski definition) is 4. The van der Waals surface area contributed by atoms with Crippen molar-refractivity contribution in [3.05, 3.63) is 0 Å². The molecule has 2 atom stereocenters. The molecule has 0 aromatic rings. The van der Waals surface area contributed by atoms with E-state index < -0.39 is 0 Å². The van der Waals surface area contributed by atoms with Gasteiger partial charge in [-0.25, -0.2) is 0 Å². The molecule has 0 amide bonds. The molecule has 0 aliphatic carbocycles. The molecule has 1 spiro atoms. The highest BCUT2D eigenvalue weighted by molar-refractivity contribution is 5.93. The second-order valence-electron chi connectivity index (χ2n) is 5.58. The largest absolute Gasteiger partial charge is 0.383 e. The summed E-state index contributed by atoms with van der Waals surface area (Å²) >= 11 is 0. The minimum atomic E-state index is 0.186. The highest BCUT2D eigenvalue weighted by Gasteiger charge is 2.49. The Hall–Kier alpha value is -0.650. The molecule has 3 rings (SSSR count). The van der Waals surface area contributed by atoms with Crippen molar-refractivity contribution in [2.24, 2.45) is 4.99 Å². The van der Waals surface area contributed by atoms with Crippen LogP contribution in [0.5, 0.6) is 0 Å². The molecule has 5 heteroatoms. The zero-order chi connectivity index (χ0) is 12.4. The van der Waals surface area contributed by atoms with E-state index in [4.69, 9.17) is 9.73 Å². The molecule has 2 bridgehead atoms. The van der Waals surface area contributed by atoms with Crippen LogP contribution < -0.4 is 10.6 Å². The maximum atomic E-state index is 5.12. The highest BCUT2D eigenvalue weighted by Crippen LogP contribution is 2.34. The van der Waals surface area contributed by atoms with Gasteiger partial charge in [-0.2, -0.15) is 0 Å². The topological polar surface area (TPSA) is 48.9 Å². The third-order valence-electron chi connectivity index (χ3n) is 4.57. The van der Waals surface area contributed by atoms with E-state index in [0.29, 0.717) is 12.6 Å². The predicted octanol–water partition coefficient (Wildman–Crippen LogP) is -0.169. The molecule has 0 aromatic carbocycles. The van der Waals surface area contributed by atoms with Crippen LogP contribution in [0.2, 0.25) is 0 Å². The fourth-order valence-electron chi connectivity index (χ4n) is 3.58. The minimum Gasteiger partial charge on any atom is -0.383 e. The zero-order valence-electron chi connectivity index (χ0n) is 11.2. The predicted molar refractivity (Wildman–Crippen MR) is 72.1 cm³/mol. The summed E-state index contributed by atoms with van der Waals surface area (Å²) in [6.07, 6.45) is 3.62. The summed E-state index contributed by atoms with van der Waals surface area (Å²) in [5.41, 5.74) is 0.186. The molecule has 0 radical (unpaired) electrons. The average molecular weight is 252 g/mol. The Bertz CT molecular complexity index is 325. The Morgan fingerprint density at radius 2 is 2.28 bits per heavy atom. The van der Waals surface area contributed by atoms with Gasteiger partial charge in [0.1, 0.15) is 5.84 Å². The molecule has 2 N–H and O–H groups in total. The number of rotatable bonds is 3. The Labute approximate surface area is 109 Å². The van der Waals surface area contributed by atoms with Gasteiger partial charge >= 0.3 is 0 Å². The van der Waals surface area contributed by atoms with Crippen molar-refractivity contribution in [1.82, 2.24) is 15.5 Å². The molecule has 3 aliphatic rings. The number of methoxy groups -OCH3 is 1. The van der Waals surface area contributed by atoms with E-state index in [2.05, 4.69) is 15.5 Å². The lowest BCUT2D eigenvalue weighted by atomic mass is 9.83. The highest BCUT2D eigenvalue weighted by atomic mass is 16.5. The van der Waals surface area contributed by atoms with Crippen molar-refractivity contribution >= 4 is 5.84 Å². The van der Waals surface area contributed by atoms with E-state index in [1.165, 1.54) is 38.2 Å². The maximum absolute atomic E-state index is 5.12. The average Bonchev–Trinajstić information content (AvgIpc) is 2.83. The molecular formula is C13H24N4O. The summed E-state index contributed by atoms with van der Waals surface area (Å²) in [7, 11) is 1.74. The summed E-state index contributed by atoms with van der Waals surface area (Å²) in [6.45, 7) is 6.11. The Morgan fingerprint density at radius 3 is 3.06 bits per heavy atom. The van der Waals surface area contributed by atoms with Gasteiger partial charge in [0, 0.05) is 26.2 Å². The molecule has 3 saturated heterocycles. The van der Waals surface area contributed by atoms with Crippen LogP contribution in [0.3, 0.4) is 0 Å². The molecule has 18 heavy (non-hydrogen) atoms. The van der Waals surface area contributed by atoms with Gasteiger partial charge in [-0.1, -0.05) is 0 Å². The van der Waals surface area contributed by atoms with E-state index >= 15 is 0 Å². The Balaban J connectivity index is 1.82. The first-order valence-corrected chi connectivity index (χ1v) is 7.11. The number of fused-ring (bicyclic) bond motifs is 3. The molecule has 102 valence electrons. The molecule has 2 unspecified atom stereocenters. The SMILES string of the molecule is COCCN=C1NC2CCN(C2)C12CCNCC2. The Kier molecular flexibility index (Phi) is 3.54. The fraction of sp³-hybridized carbons (Fsp3) is 0.923. The lowest BCUT2D eigenvalue weighted by molar-refractivity contribution is 0.126. The number of nitrogens with one attached hydrogen (secondary N) is 2. The van der Waals surface area contributed by atoms with Crippen molar-refractivity contribution in [3.8, 4) is 0 Å². The van der Waals surface area contributed by atoms with Crippen LogP contribution in [0, 0.1) is 0 Å². The standard InChI is InChI=1S/C13H24N4O/c1-18-9-7-15-12-13(3-5-14-6-4-13)17-8-2-11(10-17)16-12/h11,14H,2-10H2,1H3,(H,15,16). The summed E-state index contributed by atoms with van der Waals surface area (Å²) in [5.74, 6) is 1.23. The van der Waals surface area contributed by atoms with E-state index in [1.807, 2.05) is 0 Å². The van der Waals surface area contributed by atoms with Crippen LogP contribution in [-0.4, -0.2) is 68.8 Å². The molecular weight excluding hydrogens is 228 g/mol. The van der Waals surface area contributed by atoms with Crippen molar-refractivity contribution in [1.29, 1.82) is 0 Å². The molecule has 3 heterocycles. The number of piperazine rings is 1. The molecule has 3 fully saturated rings. The maximum Gasteiger partial charge on any atom is 0.117 e. The normalized spacial score (nSPS) is 35.9. The van der Waals surface area contributed by atoms with Crippen molar-refractivity contribution in [3.63, 3.8) is 0 Å². The number of nitrogens with zero attached hydrogens (tertiary/aromatic N) is 2. The molecule has 0 saturated carbocycles. The van der Waals surface area contributed by atoms with Gasteiger partial charge < -0.3 is 15.4 Å². The number of ether oxygens (including phenoxy) is 1. The third-order valence-corrected chi connectivity index (χ3v) is 4.57. The van der Waals surface area contributed by atoms with Gasteiger partial charge in [-0.05, 0) is 32.4 Å². The van der Waals surface area contributed by atoms with Crippen LogP contribution in [0.25, 0.3) is 0 Å². The molecule has 3 aliphatic heterocycles. The fourth-order valence-corrected chi connectivity index (χ4v) is 3.58. The van der Waals surface area contributed by atoms with Crippen LogP contribution in [-0.2, 0) is 4.74 Å². The van der Waals surface area contributed by atoms with E-state index in [1.54, 1.807) is 7.11 Å². The minimum absolute atomic E-state index is 0.186. The van der Waals surface area contributed by atoms with Gasteiger partial charge in [0.15, 0.2) is 0 Å². The van der Waals surface area contributed by atoms with Gasteiger partial charge in [-0.15, -0.1) is 0 Å². The monoisotopic (exact) mass is 252 g/mol. The van der Waals surface area contributed by atoms with Gasteiger partial charge in [0.25, 0.3) is 0 Å². The summed E-state index contributed by atoms with van der Waals surface area (Å²) in [4.78, 5) is 7.47. The van der Waals surface area contributed by atoms with Crippen LogP contribution in [0.1, 0.15) is 19.3 Å². The summed E-state index contributed by atoms with van der Waals surface area (Å²) in [6, 6.07) is 0.617. The van der Waals surface area contributed by atoms with Crippen molar-refractivity contribution in [2.45, 2.75) is 30.8 Å². The second kappa shape index (κ2) is 5.15. The second-order valence-corrected chi connectivity index (χ2v) is 5.58. The zero-order valence-corrected chi connectivity index (χ0v) is 11.2. The summed E-state index contributed by atoms with van der Waals surface area (Å²) < 4.78 is 5.12. The lowest BCUT2D eigenvalue weighted by Gasteiger charge is -2.48. The van der Waals surface area contributed by atoms with Gasteiger partial charge in [0.2, 0.25) is 0 Å². The first-order valence-electron chi connectivity index (χ1n) is 7.11. The lowest BCUT2D eigenvalue weighted by Crippen LogP contribution is -2.67. The third kappa shape index (κ3) is 2.04. The molecule has 5 nitrogen and oxygen atoms in total. The number of amidine groups is 1. The van der Waals surface area contributed by atoms with Crippen LogP contribution in [0.15, 0.2) is 4.99 Å². The smallest absolute Gasteiger partial charge is 0.117 e. The number of hydrogen-bond donors (Lipinski definition) is 2. The molecule has 0 aromatic heterocycles. The van der Waals surface area contributed by atoms with E-state index in [0.717, 1.165) is 19.6 Å². The quantitative estimate of drug-likeness (QED) is 0.685. The number of piperidine rings is 1. The summed E-state index contributed by atoms with van der Waals surface area (Å²) in [5, 5.41) is 7.16. The van der Waals surface area contributed by atoms with Crippen molar-refractivity contribution in [2.75, 3.05) is 46.4 Å².